The van der Waals surface area contributed by atoms with Gasteiger partial charge in [0.25, 0.3) is 0 Å². The Morgan fingerprint density at radius 3 is 2.55 bits per heavy atom. The standard InChI is InChI=1S/C6H14O4S/c1-4-8-5-6(2,3)11-10-9-7/h7H,4-5H2,1-3H3/p-1. The normalized spacial score (nSPS) is 12.0. The van der Waals surface area contributed by atoms with Crippen molar-refractivity contribution >= 4 is 12.0 Å². The maximum Gasteiger partial charge on any atom is 0.0631 e. The summed E-state index contributed by atoms with van der Waals surface area (Å²) in [5, 5.41) is 12.7. The van der Waals surface area contributed by atoms with Crippen LogP contribution in [0.4, 0.5) is 0 Å². The summed E-state index contributed by atoms with van der Waals surface area (Å²) in [6, 6.07) is 0. The van der Waals surface area contributed by atoms with Gasteiger partial charge in [-0.15, -0.1) is 0 Å². The van der Waals surface area contributed by atoms with Crippen LogP contribution in [0.3, 0.4) is 0 Å². The van der Waals surface area contributed by atoms with Crippen molar-refractivity contribution in [1.29, 1.82) is 0 Å². The highest BCUT2D eigenvalue weighted by atomic mass is 32.2. The topological polar surface area (TPSA) is 50.8 Å². The van der Waals surface area contributed by atoms with Gasteiger partial charge in [0.05, 0.1) is 11.4 Å². The van der Waals surface area contributed by atoms with Crippen LogP contribution in [0.1, 0.15) is 20.8 Å². The second-order valence-electron chi connectivity index (χ2n) is 2.62. The van der Waals surface area contributed by atoms with Gasteiger partial charge in [-0.3, -0.25) is 5.04 Å². The molecule has 0 aromatic rings. The minimum absolute atomic E-state index is 0.250. The molecule has 0 saturated heterocycles. The SMILES string of the molecule is CCOCC(C)(C)SOO[O-]. The van der Waals surface area contributed by atoms with Crippen molar-refractivity contribution in [3.05, 3.63) is 0 Å². The van der Waals surface area contributed by atoms with Crippen LogP contribution in [0.15, 0.2) is 0 Å². The lowest BCUT2D eigenvalue weighted by atomic mass is 10.2. The van der Waals surface area contributed by atoms with Gasteiger partial charge in [-0.1, -0.05) is 0 Å². The second kappa shape index (κ2) is 5.79. The predicted octanol–water partition coefficient (Wildman–Crippen LogP) is 0.673. The Kier molecular flexibility index (Phi) is 5.89. The average molecular weight is 181 g/mol. The summed E-state index contributed by atoms with van der Waals surface area (Å²) in [7, 11) is 0. The molecule has 0 atom stereocenters. The molecule has 4 nitrogen and oxygen atoms in total. The van der Waals surface area contributed by atoms with Gasteiger partial charge in [-0.05, 0) is 20.8 Å². The van der Waals surface area contributed by atoms with E-state index in [2.05, 4.69) is 9.37 Å². The Balaban J connectivity index is 3.43. The van der Waals surface area contributed by atoms with Crippen molar-refractivity contribution in [2.24, 2.45) is 0 Å². The average Bonchev–Trinajstić information content (AvgIpc) is 1.97. The molecule has 0 heterocycles. The van der Waals surface area contributed by atoms with E-state index >= 15 is 0 Å². The zero-order valence-corrected chi connectivity index (χ0v) is 7.77. The van der Waals surface area contributed by atoms with Crippen LogP contribution >= 0.6 is 12.0 Å². The lowest BCUT2D eigenvalue weighted by Crippen LogP contribution is -2.23. The van der Waals surface area contributed by atoms with Gasteiger partial charge >= 0.3 is 0 Å². The van der Waals surface area contributed by atoms with Crippen LogP contribution in [0, 0.1) is 0 Å². The molecule has 0 aromatic carbocycles. The van der Waals surface area contributed by atoms with E-state index in [-0.39, 0.29) is 4.75 Å². The van der Waals surface area contributed by atoms with Gasteiger partial charge in [0.1, 0.15) is 0 Å². The van der Waals surface area contributed by atoms with E-state index < -0.39 is 0 Å². The minimum atomic E-state index is -0.250. The third-order valence-corrected chi connectivity index (χ3v) is 1.63. The number of hydrogen-bond acceptors (Lipinski definition) is 5. The summed E-state index contributed by atoms with van der Waals surface area (Å²) < 4.78 is 9.06. The first-order valence-electron chi connectivity index (χ1n) is 3.34. The van der Waals surface area contributed by atoms with Gasteiger partial charge in [-0.25, -0.2) is 0 Å². The van der Waals surface area contributed by atoms with E-state index in [1.165, 1.54) is 0 Å². The van der Waals surface area contributed by atoms with Crippen molar-refractivity contribution in [3.8, 4) is 0 Å². The van der Waals surface area contributed by atoms with E-state index in [0.717, 1.165) is 12.0 Å². The second-order valence-corrected chi connectivity index (χ2v) is 4.02. The highest BCUT2D eigenvalue weighted by Crippen LogP contribution is 2.24. The molecule has 68 valence electrons. The van der Waals surface area contributed by atoms with Gasteiger partial charge < -0.3 is 9.99 Å². The van der Waals surface area contributed by atoms with Gasteiger partial charge in [0.15, 0.2) is 0 Å². The molecule has 0 aliphatic rings. The molecule has 0 bridgehead atoms. The molecule has 0 N–H and O–H groups in total. The number of rotatable bonds is 6. The lowest BCUT2D eigenvalue weighted by Gasteiger charge is -2.21. The fraction of sp³-hybridized carbons (Fsp3) is 1.00. The first-order valence-corrected chi connectivity index (χ1v) is 4.08. The maximum atomic E-state index is 9.47. The smallest absolute Gasteiger partial charge is 0.0631 e. The summed E-state index contributed by atoms with van der Waals surface area (Å²) >= 11 is 0.959. The zero-order valence-electron chi connectivity index (χ0n) is 6.96. The molecule has 0 amide bonds. The summed E-state index contributed by atoms with van der Waals surface area (Å²) in [6.07, 6.45) is 0. The first-order chi connectivity index (χ1) is 5.12. The fourth-order valence-corrected chi connectivity index (χ4v) is 0.821. The van der Waals surface area contributed by atoms with Gasteiger partial charge in [0, 0.05) is 18.6 Å². The molecular weight excluding hydrogens is 168 g/mol. The Hall–Kier alpha value is 0.190. The van der Waals surface area contributed by atoms with Crippen molar-refractivity contribution < 1.29 is 19.4 Å². The lowest BCUT2D eigenvalue weighted by molar-refractivity contribution is -0.777. The Bertz CT molecular complexity index is 86.6. The molecule has 0 aromatic heterocycles. The molecule has 0 rings (SSSR count). The Morgan fingerprint density at radius 1 is 1.45 bits per heavy atom. The van der Waals surface area contributed by atoms with Crippen molar-refractivity contribution in [2.45, 2.75) is 25.5 Å². The molecule has 0 spiro atoms. The van der Waals surface area contributed by atoms with E-state index in [0.29, 0.717) is 13.2 Å². The van der Waals surface area contributed by atoms with E-state index in [1.54, 1.807) is 0 Å². The van der Waals surface area contributed by atoms with E-state index in [4.69, 9.17) is 4.74 Å². The predicted molar refractivity (Wildman–Crippen MR) is 40.3 cm³/mol. The third kappa shape index (κ3) is 6.58. The summed E-state index contributed by atoms with van der Waals surface area (Å²) in [5.74, 6) is 0. The maximum absolute atomic E-state index is 9.47. The van der Waals surface area contributed by atoms with E-state index in [1.807, 2.05) is 20.8 Å². The largest absolute Gasteiger partial charge is 0.691 e. The van der Waals surface area contributed by atoms with Crippen LogP contribution in [0.2, 0.25) is 0 Å². The molecule has 0 unspecified atom stereocenters. The quantitative estimate of drug-likeness (QED) is 0.342. The van der Waals surface area contributed by atoms with Crippen LogP contribution < -0.4 is 5.26 Å². The van der Waals surface area contributed by atoms with Crippen LogP contribution in [-0.4, -0.2) is 18.0 Å². The number of hydrogen-bond donors (Lipinski definition) is 0. The fourth-order valence-electron chi connectivity index (χ4n) is 0.478. The highest BCUT2D eigenvalue weighted by Gasteiger charge is 2.19. The molecular formula is C6H13O4S-. The first kappa shape index (κ1) is 11.2. The Morgan fingerprint density at radius 2 is 2.09 bits per heavy atom. The van der Waals surface area contributed by atoms with Crippen LogP contribution in [-0.2, 0) is 14.1 Å². The summed E-state index contributed by atoms with van der Waals surface area (Å²) in [4.78, 5) is 0. The van der Waals surface area contributed by atoms with Crippen LogP contribution in [0.5, 0.6) is 0 Å². The molecule has 0 aliphatic carbocycles. The van der Waals surface area contributed by atoms with E-state index in [9.17, 15) is 5.26 Å². The molecule has 0 fully saturated rings. The number of ether oxygens (including phenoxy) is 1. The summed E-state index contributed by atoms with van der Waals surface area (Å²) in [5.41, 5.74) is 0. The minimum Gasteiger partial charge on any atom is -0.691 e. The van der Waals surface area contributed by atoms with Crippen molar-refractivity contribution in [1.82, 2.24) is 0 Å². The van der Waals surface area contributed by atoms with Gasteiger partial charge in [-0.2, -0.15) is 4.33 Å². The van der Waals surface area contributed by atoms with Crippen LogP contribution in [0.25, 0.3) is 0 Å². The van der Waals surface area contributed by atoms with Crippen molar-refractivity contribution in [3.63, 3.8) is 0 Å². The molecule has 11 heavy (non-hydrogen) atoms. The molecule has 0 aliphatic heterocycles. The summed E-state index contributed by atoms with van der Waals surface area (Å²) in [6.45, 7) is 6.88. The highest BCUT2D eigenvalue weighted by molar-refractivity contribution is 7.95. The van der Waals surface area contributed by atoms with Gasteiger partial charge in [0.2, 0.25) is 0 Å². The molecule has 0 radical (unpaired) electrons. The monoisotopic (exact) mass is 181 g/mol. The molecule has 5 heteroatoms. The third-order valence-electron chi connectivity index (χ3n) is 0.941. The molecule has 0 saturated carbocycles. The Labute approximate surface area is 70.9 Å². The zero-order chi connectivity index (χ0) is 8.74. The van der Waals surface area contributed by atoms with Crippen molar-refractivity contribution in [2.75, 3.05) is 13.2 Å².